The molecule has 3 rings (SSSR count). The maximum Gasteiger partial charge on any atom is 0.288 e. The maximum absolute atomic E-state index is 12.4. The minimum Gasteiger partial charge on any atom is -0.289 e. The first-order valence-electron chi connectivity index (χ1n) is 6.23. The van der Waals surface area contributed by atoms with Crippen molar-refractivity contribution in [3.8, 4) is 0 Å². The molecule has 0 spiro atoms. The van der Waals surface area contributed by atoms with E-state index in [0.717, 1.165) is 5.56 Å². The van der Waals surface area contributed by atoms with Crippen LogP contribution in [0.2, 0.25) is 0 Å². The third-order valence-electron chi connectivity index (χ3n) is 3.20. The molecule has 3 nitrogen and oxygen atoms in total. The number of halogens is 2. The molecule has 0 fully saturated rings. The summed E-state index contributed by atoms with van der Waals surface area (Å²) >= 11 is 1.73. The SMILES string of the molecule is O=C1/C(=C\c2csnn2)CCc2cc(SC(F)F)ccc21. The van der Waals surface area contributed by atoms with E-state index in [9.17, 15) is 13.6 Å². The zero-order valence-electron chi connectivity index (χ0n) is 10.8. The summed E-state index contributed by atoms with van der Waals surface area (Å²) in [5, 5.41) is 5.68. The molecule has 0 aliphatic heterocycles. The second kappa shape index (κ2) is 6.03. The van der Waals surface area contributed by atoms with Gasteiger partial charge in [-0.2, -0.15) is 8.78 Å². The number of hydrogen-bond donors (Lipinski definition) is 0. The van der Waals surface area contributed by atoms with Crippen LogP contribution in [0.25, 0.3) is 6.08 Å². The van der Waals surface area contributed by atoms with Crippen LogP contribution in [0.3, 0.4) is 0 Å². The Morgan fingerprint density at radius 2 is 2.19 bits per heavy atom. The lowest BCUT2D eigenvalue weighted by molar-refractivity contribution is 0.102. The standard InChI is InChI=1S/C14H10F2N2OS2/c15-14(16)21-11-3-4-12-8(6-11)1-2-9(13(12)19)5-10-7-20-18-17-10/h3-7,14H,1-2H2/b9-5-. The van der Waals surface area contributed by atoms with Crippen molar-refractivity contribution in [1.82, 2.24) is 9.59 Å². The lowest BCUT2D eigenvalue weighted by Gasteiger charge is -2.18. The van der Waals surface area contributed by atoms with Crippen LogP contribution in [0.15, 0.2) is 34.0 Å². The van der Waals surface area contributed by atoms with Crippen LogP contribution in [0.4, 0.5) is 8.78 Å². The summed E-state index contributed by atoms with van der Waals surface area (Å²) < 4.78 is 28.5. The van der Waals surface area contributed by atoms with E-state index in [1.165, 1.54) is 11.5 Å². The van der Waals surface area contributed by atoms with Crippen LogP contribution in [-0.2, 0) is 6.42 Å². The van der Waals surface area contributed by atoms with Crippen molar-refractivity contribution in [2.24, 2.45) is 0 Å². The number of nitrogens with zero attached hydrogens (tertiary/aromatic N) is 2. The van der Waals surface area contributed by atoms with Crippen molar-refractivity contribution in [2.45, 2.75) is 23.5 Å². The Kier molecular flexibility index (Phi) is 4.12. The minimum atomic E-state index is -2.45. The summed E-state index contributed by atoms with van der Waals surface area (Å²) in [7, 11) is 0. The summed E-state index contributed by atoms with van der Waals surface area (Å²) in [6.07, 6.45) is 3.00. The molecule has 1 aliphatic rings. The number of allylic oxidation sites excluding steroid dienone is 1. The highest BCUT2D eigenvalue weighted by Crippen LogP contribution is 2.32. The smallest absolute Gasteiger partial charge is 0.288 e. The highest BCUT2D eigenvalue weighted by molar-refractivity contribution is 7.99. The molecule has 2 aromatic rings. The third kappa shape index (κ3) is 3.19. The van der Waals surface area contributed by atoms with Gasteiger partial charge < -0.3 is 0 Å². The van der Waals surface area contributed by atoms with Crippen molar-refractivity contribution in [1.29, 1.82) is 0 Å². The van der Waals surface area contributed by atoms with Gasteiger partial charge >= 0.3 is 0 Å². The first-order valence-corrected chi connectivity index (χ1v) is 7.95. The number of benzene rings is 1. The molecule has 1 aromatic heterocycles. The fourth-order valence-corrected chi connectivity index (χ4v) is 3.26. The zero-order chi connectivity index (χ0) is 14.8. The van der Waals surface area contributed by atoms with Crippen LogP contribution in [0, 0.1) is 0 Å². The van der Waals surface area contributed by atoms with Crippen molar-refractivity contribution in [3.63, 3.8) is 0 Å². The van der Waals surface area contributed by atoms with Crippen molar-refractivity contribution in [2.75, 3.05) is 0 Å². The lowest BCUT2D eigenvalue weighted by atomic mass is 9.86. The average molecular weight is 324 g/mol. The molecular formula is C14H10F2N2OS2. The Hall–Kier alpha value is -1.60. The molecule has 0 radical (unpaired) electrons. The minimum absolute atomic E-state index is 0.0575. The van der Waals surface area contributed by atoms with E-state index >= 15 is 0 Å². The molecule has 7 heteroatoms. The number of aryl methyl sites for hydroxylation is 1. The summed E-state index contributed by atoms with van der Waals surface area (Å²) in [6, 6.07) is 4.89. The highest BCUT2D eigenvalue weighted by atomic mass is 32.2. The zero-order valence-corrected chi connectivity index (χ0v) is 12.4. The average Bonchev–Trinajstić information content (AvgIpc) is 2.94. The van der Waals surface area contributed by atoms with Gasteiger partial charge in [0.2, 0.25) is 0 Å². The summed E-state index contributed by atoms with van der Waals surface area (Å²) in [5.41, 5.74) is 2.79. The molecular weight excluding hydrogens is 314 g/mol. The van der Waals surface area contributed by atoms with Crippen molar-refractivity contribution < 1.29 is 13.6 Å². The van der Waals surface area contributed by atoms with Gasteiger partial charge in [0.25, 0.3) is 5.76 Å². The summed E-state index contributed by atoms with van der Waals surface area (Å²) in [6.45, 7) is 0. The normalized spacial score (nSPS) is 16.5. The van der Waals surface area contributed by atoms with E-state index < -0.39 is 5.76 Å². The molecule has 0 unspecified atom stereocenters. The predicted molar refractivity (Wildman–Crippen MR) is 78.8 cm³/mol. The number of hydrogen-bond acceptors (Lipinski definition) is 5. The quantitative estimate of drug-likeness (QED) is 0.630. The van der Waals surface area contributed by atoms with E-state index in [0.29, 0.717) is 46.3 Å². The molecule has 0 saturated carbocycles. The van der Waals surface area contributed by atoms with E-state index in [-0.39, 0.29) is 5.78 Å². The van der Waals surface area contributed by atoms with Crippen LogP contribution >= 0.6 is 23.3 Å². The van der Waals surface area contributed by atoms with E-state index in [4.69, 9.17) is 0 Å². The summed E-state index contributed by atoms with van der Waals surface area (Å²) in [5.74, 6) is -2.51. The topological polar surface area (TPSA) is 42.9 Å². The molecule has 1 heterocycles. The number of carbonyl (C=O) groups is 1. The van der Waals surface area contributed by atoms with Crippen LogP contribution in [-0.4, -0.2) is 21.1 Å². The number of fused-ring (bicyclic) bond motifs is 1. The highest BCUT2D eigenvalue weighted by Gasteiger charge is 2.22. The third-order valence-corrected chi connectivity index (χ3v) is 4.43. The molecule has 0 N–H and O–H groups in total. The lowest BCUT2D eigenvalue weighted by Crippen LogP contribution is -2.14. The first kappa shape index (κ1) is 14.3. The van der Waals surface area contributed by atoms with Gasteiger partial charge in [0.15, 0.2) is 5.78 Å². The Morgan fingerprint density at radius 1 is 1.33 bits per heavy atom. The monoisotopic (exact) mass is 324 g/mol. The second-order valence-electron chi connectivity index (χ2n) is 4.53. The van der Waals surface area contributed by atoms with E-state index in [2.05, 4.69) is 9.59 Å². The number of alkyl halides is 2. The van der Waals surface area contributed by atoms with Gasteiger partial charge in [-0.25, -0.2) is 0 Å². The van der Waals surface area contributed by atoms with Gasteiger partial charge in [-0.1, -0.05) is 16.3 Å². The van der Waals surface area contributed by atoms with Crippen LogP contribution < -0.4 is 0 Å². The van der Waals surface area contributed by atoms with Crippen LogP contribution in [0.5, 0.6) is 0 Å². The Bertz CT molecular complexity index is 699. The number of rotatable bonds is 3. The fourth-order valence-electron chi connectivity index (χ4n) is 2.28. The van der Waals surface area contributed by atoms with Gasteiger partial charge in [-0.15, -0.1) is 5.10 Å². The molecule has 0 atom stereocenters. The maximum atomic E-state index is 12.4. The number of Topliss-reactive ketones (excluding diaryl/α,β-unsaturated/α-hetero) is 1. The number of ketones is 1. The van der Waals surface area contributed by atoms with Gasteiger partial charge in [0.1, 0.15) is 0 Å². The molecule has 0 saturated heterocycles. The molecule has 21 heavy (non-hydrogen) atoms. The van der Waals surface area contributed by atoms with Crippen LogP contribution in [0.1, 0.15) is 28.0 Å². The van der Waals surface area contributed by atoms with Crippen molar-refractivity contribution in [3.05, 3.63) is 46.0 Å². The van der Waals surface area contributed by atoms with Crippen molar-refractivity contribution >= 4 is 35.2 Å². The number of thioether (sulfide) groups is 1. The number of carbonyl (C=O) groups excluding carboxylic acids is 1. The second-order valence-corrected chi connectivity index (χ2v) is 6.20. The van der Waals surface area contributed by atoms with E-state index in [1.54, 1.807) is 29.7 Å². The Morgan fingerprint density at radius 3 is 2.90 bits per heavy atom. The molecule has 0 amide bonds. The van der Waals surface area contributed by atoms with Gasteiger partial charge in [0.05, 0.1) is 5.69 Å². The Balaban J connectivity index is 1.89. The molecule has 1 aromatic carbocycles. The fraction of sp³-hybridized carbons (Fsp3) is 0.214. The van der Waals surface area contributed by atoms with Gasteiger partial charge in [-0.3, -0.25) is 4.79 Å². The van der Waals surface area contributed by atoms with Gasteiger partial charge in [-0.05, 0) is 54.2 Å². The molecule has 1 aliphatic carbocycles. The summed E-state index contributed by atoms with van der Waals surface area (Å²) in [4.78, 5) is 12.9. The van der Waals surface area contributed by atoms with Gasteiger partial charge in [0, 0.05) is 21.4 Å². The predicted octanol–water partition coefficient (Wildman–Crippen LogP) is 4.07. The molecule has 0 bridgehead atoms. The first-order chi connectivity index (χ1) is 10.1. The largest absolute Gasteiger partial charge is 0.289 e. The molecule has 108 valence electrons. The van der Waals surface area contributed by atoms with E-state index in [1.807, 2.05) is 0 Å². The number of aromatic nitrogens is 2. The Labute approximate surface area is 128 Å².